The molecule has 0 N–H and O–H groups in total. The van der Waals surface area contributed by atoms with Crippen molar-refractivity contribution in [1.82, 2.24) is 19.3 Å². The lowest BCUT2D eigenvalue weighted by molar-refractivity contribution is 0.627. The van der Waals surface area contributed by atoms with Gasteiger partial charge in [-0.1, -0.05) is 17.7 Å². The van der Waals surface area contributed by atoms with Crippen molar-refractivity contribution in [2.24, 2.45) is 0 Å². The summed E-state index contributed by atoms with van der Waals surface area (Å²) in [5.74, 6) is 0.0998. The fraction of sp³-hybridized carbons (Fsp3) is 0.0500. The van der Waals surface area contributed by atoms with Crippen LogP contribution < -0.4 is 5.69 Å². The fourth-order valence-electron chi connectivity index (χ4n) is 2.73. The summed E-state index contributed by atoms with van der Waals surface area (Å²) >= 11 is 0. The molecule has 2 heterocycles. The summed E-state index contributed by atoms with van der Waals surface area (Å²) in [4.78, 5) is 17.1. The molecular weight excluding hydrogens is 331 g/mol. The van der Waals surface area contributed by atoms with E-state index in [1.54, 1.807) is 36.7 Å². The highest BCUT2D eigenvalue weighted by Gasteiger charge is 2.17. The topological polar surface area (TPSA) is 52.7 Å². The van der Waals surface area contributed by atoms with Gasteiger partial charge in [-0.25, -0.2) is 13.8 Å². The number of pyridine rings is 1. The molecule has 0 spiro atoms. The Bertz CT molecular complexity index is 1100. The molecule has 6 heteroatoms. The van der Waals surface area contributed by atoms with E-state index in [0.29, 0.717) is 17.2 Å². The van der Waals surface area contributed by atoms with Crippen LogP contribution in [-0.4, -0.2) is 19.3 Å². The van der Waals surface area contributed by atoms with E-state index in [-0.39, 0.29) is 11.5 Å². The van der Waals surface area contributed by atoms with Gasteiger partial charge in [-0.15, -0.1) is 5.10 Å². The quantitative estimate of drug-likeness (QED) is 0.570. The van der Waals surface area contributed by atoms with Gasteiger partial charge in [-0.3, -0.25) is 4.98 Å². The zero-order valence-electron chi connectivity index (χ0n) is 14.0. The molecule has 4 aromatic rings. The second-order valence-corrected chi connectivity index (χ2v) is 5.90. The number of aryl methyl sites for hydroxylation is 1. The highest BCUT2D eigenvalue weighted by atomic mass is 19.1. The Hall–Kier alpha value is -3.54. The van der Waals surface area contributed by atoms with E-state index in [4.69, 9.17) is 0 Å². The number of aromatic nitrogens is 4. The van der Waals surface area contributed by atoms with Gasteiger partial charge >= 0.3 is 5.69 Å². The Kier molecular flexibility index (Phi) is 3.93. The smallest absolute Gasteiger partial charge is 0.265 e. The molecule has 0 unspecified atom stereocenters. The molecule has 26 heavy (non-hydrogen) atoms. The van der Waals surface area contributed by atoms with Gasteiger partial charge in [0.15, 0.2) is 5.82 Å². The number of hydrogen-bond acceptors (Lipinski definition) is 3. The highest BCUT2D eigenvalue weighted by molar-refractivity contribution is 5.57. The predicted molar refractivity (Wildman–Crippen MR) is 97.1 cm³/mol. The molecule has 0 saturated carbocycles. The van der Waals surface area contributed by atoms with Crippen LogP contribution in [-0.2, 0) is 0 Å². The Morgan fingerprint density at radius 2 is 1.46 bits per heavy atom. The van der Waals surface area contributed by atoms with Crippen LogP contribution in [0, 0.1) is 12.7 Å². The SMILES string of the molecule is Cc1ccc(-n2nc(-c3ccncc3)n(-c3ccc(F)cc3)c2=O)cc1. The molecule has 0 saturated heterocycles. The van der Waals surface area contributed by atoms with E-state index < -0.39 is 0 Å². The van der Waals surface area contributed by atoms with Gasteiger partial charge in [0.05, 0.1) is 11.4 Å². The van der Waals surface area contributed by atoms with Crippen LogP contribution in [0.2, 0.25) is 0 Å². The summed E-state index contributed by atoms with van der Waals surface area (Å²) in [7, 11) is 0. The third kappa shape index (κ3) is 2.82. The van der Waals surface area contributed by atoms with E-state index >= 15 is 0 Å². The number of halogens is 1. The molecule has 4 rings (SSSR count). The Morgan fingerprint density at radius 3 is 2.12 bits per heavy atom. The fourth-order valence-corrected chi connectivity index (χ4v) is 2.73. The second-order valence-electron chi connectivity index (χ2n) is 5.90. The summed E-state index contributed by atoms with van der Waals surface area (Å²) in [6.45, 7) is 1.98. The average molecular weight is 346 g/mol. The molecule has 0 radical (unpaired) electrons. The molecule has 2 aromatic carbocycles. The highest BCUT2D eigenvalue weighted by Crippen LogP contribution is 2.20. The summed E-state index contributed by atoms with van der Waals surface area (Å²) in [5, 5.41) is 4.52. The number of nitrogens with zero attached hydrogens (tertiary/aromatic N) is 4. The first-order chi connectivity index (χ1) is 12.6. The lowest BCUT2D eigenvalue weighted by Gasteiger charge is -2.05. The maximum Gasteiger partial charge on any atom is 0.355 e. The normalized spacial score (nSPS) is 10.8. The van der Waals surface area contributed by atoms with Crippen molar-refractivity contribution >= 4 is 0 Å². The molecule has 0 aliphatic rings. The van der Waals surface area contributed by atoms with Gasteiger partial charge < -0.3 is 0 Å². The Labute approximate surface area is 149 Å². The molecule has 0 bridgehead atoms. The zero-order valence-corrected chi connectivity index (χ0v) is 14.0. The van der Waals surface area contributed by atoms with Gasteiger partial charge in [-0.2, -0.15) is 4.68 Å². The van der Waals surface area contributed by atoms with Crippen molar-refractivity contribution in [3.63, 3.8) is 0 Å². The minimum absolute atomic E-state index is 0.327. The minimum Gasteiger partial charge on any atom is -0.265 e. The standard InChI is InChI=1S/C20H15FN4O/c1-14-2-6-18(7-3-14)25-20(26)24(17-8-4-16(21)5-9-17)19(23-25)15-10-12-22-13-11-15/h2-13H,1H3. The van der Waals surface area contributed by atoms with Gasteiger partial charge in [-0.05, 0) is 55.5 Å². The monoisotopic (exact) mass is 346 g/mol. The molecule has 2 aromatic heterocycles. The molecule has 0 fully saturated rings. The first kappa shape index (κ1) is 16.0. The maximum atomic E-state index is 13.3. The van der Waals surface area contributed by atoms with E-state index in [9.17, 15) is 9.18 Å². The molecule has 0 atom stereocenters. The third-order valence-electron chi connectivity index (χ3n) is 4.08. The average Bonchev–Trinajstić information content (AvgIpc) is 3.01. The summed E-state index contributed by atoms with van der Waals surface area (Å²) in [6, 6.07) is 16.8. The molecule has 0 aliphatic carbocycles. The predicted octanol–water partition coefficient (Wildman–Crippen LogP) is 3.53. The van der Waals surface area contributed by atoms with Crippen LogP contribution >= 0.6 is 0 Å². The van der Waals surface area contributed by atoms with Crippen LogP contribution in [0.4, 0.5) is 4.39 Å². The van der Waals surface area contributed by atoms with Gasteiger partial charge in [0.1, 0.15) is 5.82 Å². The lowest BCUT2D eigenvalue weighted by Crippen LogP contribution is -2.22. The van der Waals surface area contributed by atoms with Crippen LogP contribution in [0.1, 0.15) is 5.56 Å². The van der Waals surface area contributed by atoms with E-state index in [2.05, 4.69) is 10.1 Å². The first-order valence-electron chi connectivity index (χ1n) is 8.09. The largest absolute Gasteiger partial charge is 0.355 e. The van der Waals surface area contributed by atoms with Crippen molar-refractivity contribution in [1.29, 1.82) is 0 Å². The van der Waals surface area contributed by atoms with Crippen LogP contribution in [0.15, 0.2) is 77.9 Å². The van der Waals surface area contributed by atoms with Crippen molar-refractivity contribution in [3.8, 4) is 22.8 Å². The number of rotatable bonds is 3. The minimum atomic E-state index is -0.363. The molecule has 5 nitrogen and oxygen atoms in total. The van der Waals surface area contributed by atoms with Gasteiger partial charge in [0, 0.05) is 18.0 Å². The molecule has 0 amide bonds. The lowest BCUT2D eigenvalue weighted by atomic mass is 10.2. The first-order valence-corrected chi connectivity index (χ1v) is 8.09. The van der Waals surface area contributed by atoms with Gasteiger partial charge in [0.2, 0.25) is 0 Å². The van der Waals surface area contributed by atoms with Crippen molar-refractivity contribution in [2.45, 2.75) is 6.92 Å². The van der Waals surface area contributed by atoms with E-state index in [0.717, 1.165) is 11.1 Å². The Balaban J connectivity index is 1.97. The van der Waals surface area contributed by atoms with Crippen LogP contribution in [0.3, 0.4) is 0 Å². The zero-order chi connectivity index (χ0) is 18.1. The summed E-state index contributed by atoms with van der Waals surface area (Å²) < 4.78 is 16.1. The van der Waals surface area contributed by atoms with E-state index in [1.807, 2.05) is 31.2 Å². The third-order valence-corrected chi connectivity index (χ3v) is 4.08. The number of hydrogen-bond donors (Lipinski definition) is 0. The van der Waals surface area contributed by atoms with Crippen molar-refractivity contribution in [2.75, 3.05) is 0 Å². The van der Waals surface area contributed by atoms with Crippen molar-refractivity contribution in [3.05, 3.63) is 94.9 Å². The molecular formula is C20H15FN4O. The van der Waals surface area contributed by atoms with Crippen molar-refractivity contribution < 1.29 is 4.39 Å². The Morgan fingerprint density at radius 1 is 0.846 bits per heavy atom. The van der Waals surface area contributed by atoms with Crippen LogP contribution in [0.25, 0.3) is 22.8 Å². The number of benzene rings is 2. The molecule has 128 valence electrons. The second kappa shape index (κ2) is 6.40. The van der Waals surface area contributed by atoms with Gasteiger partial charge in [0.25, 0.3) is 0 Å². The van der Waals surface area contributed by atoms with E-state index in [1.165, 1.54) is 21.4 Å². The van der Waals surface area contributed by atoms with Crippen LogP contribution in [0.5, 0.6) is 0 Å². The summed E-state index contributed by atoms with van der Waals surface area (Å²) in [6.07, 6.45) is 3.28. The summed E-state index contributed by atoms with van der Waals surface area (Å²) in [5.41, 5.74) is 2.71. The molecule has 0 aliphatic heterocycles. The maximum absolute atomic E-state index is 13.3.